The van der Waals surface area contributed by atoms with Gasteiger partial charge >= 0.3 is 6.03 Å². The highest BCUT2D eigenvalue weighted by atomic mass is 32.1. The summed E-state index contributed by atoms with van der Waals surface area (Å²) in [5.41, 5.74) is 5.55. The zero-order valence-corrected chi connectivity index (χ0v) is 10.1. The maximum absolute atomic E-state index is 11.4. The monoisotopic (exact) mass is 254 g/mol. The molecular weight excluding hydrogens is 240 g/mol. The fourth-order valence-corrected chi connectivity index (χ4v) is 2.99. The third-order valence-electron chi connectivity index (χ3n) is 3.16. The predicted octanol–water partition coefficient (Wildman–Crippen LogP) is -0.670. The minimum absolute atomic E-state index is 0.0646. The van der Waals surface area contributed by atoms with E-state index in [4.69, 9.17) is 5.73 Å². The van der Waals surface area contributed by atoms with E-state index >= 15 is 0 Å². The number of carbonyl (C=O) groups is 1. The van der Waals surface area contributed by atoms with E-state index < -0.39 is 0 Å². The molecule has 0 bridgehead atoms. The number of rotatable bonds is 2. The van der Waals surface area contributed by atoms with Crippen LogP contribution in [0.3, 0.4) is 0 Å². The first-order chi connectivity index (χ1) is 8.22. The summed E-state index contributed by atoms with van der Waals surface area (Å²) in [4.78, 5) is 15.6. The second-order valence-electron chi connectivity index (χ2n) is 4.30. The van der Waals surface area contributed by atoms with Crippen LogP contribution >= 0.6 is 11.3 Å². The lowest BCUT2D eigenvalue weighted by atomic mass is 10.2. The van der Waals surface area contributed by atoms with Gasteiger partial charge in [-0.3, -0.25) is 4.90 Å². The zero-order valence-electron chi connectivity index (χ0n) is 9.30. The van der Waals surface area contributed by atoms with Gasteiger partial charge in [-0.05, 0) is 0 Å². The number of piperazine rings is 1. The Morgan fingerprint density at radius 3 is 3.12 bits per heavy atom. The van der Waals surface area contributed by atoms with Gasteiger partial charge in [-0.2, -0.15) is 0 Å². The van der Waals surface area contributed by atoms with Crippen molar-refractivity contribution in [1.29, 1.82) is 0 Å². The van der Waals surface area contributed by atoms with Crippen molar-refractivity contribution in [2.75, 3.05) is 31.9 Å². The molecule has 92 valence electrons. The van der Waals surface area contributed by atoms with Crippen LogP contribution in [0.2, 0.25) is 0 Å². The molecule has 0 saturated carbocycles. The van der Waals surface area contributed by atoms with Crippen LogP contribution in [0.4, 0.5) is 9.93 Å². The molecule has 0 spiro atoms. The van der Waals surface area contributed by atoms with Crippen LogP contribution in [0.25, 0.3) is 0 Å². The summed E-state index contributed by atoms with van der Waals surface area (Å²) >= 11 is 1.42. The van der Waals surface area contributed by atoms with Gasteiger partial charge in [-0.15, -0.1) is 10.2 Å². The van der Waals surface area contributed by atoms with E-state index in [1.165, 1.54) is 11.3 Å². The second-order valence-corrected chi connectivity index (χ2v) is 5.40. The highest BCUT2D eigenvalue weighted by Gasteiger charge is 2.35. The molecule has 0 aromatic carbocycles. The van der Waals surface area contributed by atoms with Crippen LogP contribution in [0.5, 0.6) is 0 Å². The van der Waals surface area contributed by atoms with E-state index in [0.717, 1.165) is 37.7 Å². The molecule has 2 amide bonds. The summed E-state index contributed by atoms with van der Waals surface area (Å²) in [6, 6.07) is 0.358. The third-order valence-corrected chi connectivity index (χ3v) is 3.90. The average Bonchev–Trinajstić information content (AvgIpc) is 2.87. The second kappa shape index (κ2) is 4.11. The molecule has 0 aliphatic carbocycles. The van der Waals surface area contributed by atoms with Gasteiger partial charge in [0.1, 0.15) is 5.01 Å². The highest BCUT2D eigenvalue weighted by molar-refractivity contribution is 7.15. The van der Waals surface area contributed by atoms with Crippen molar-refractivity contribution in [3.05, 3.63) is 5.01 Å². The Morgan fingerprint density at radius 2 is 2.35 bits per heavy atom. The summed E-state index contributed by atoms with van der Waals surface area (Å²) in [7, 11) is 0. The molecule has 7 nitrogen and oxygen atoms in total. The van der Waals surface area contributed by atoms with E-state index in [0.29, 0.717) is 11.2 Å². The van der Waals surface area contributed by atoms with Gasteiger partial charge in [-0.1, -0.05) is 11.3 Å². The van der Waals surface area contributed by atoms with E-state index in [1.54, 1.807) is 0 Å². The Labute approximate surface area is 103 Å². The summed E-state index contributed by atoms with van der Waals surface area (Å²) < 4.78 is 0. The molecular formula is C9H14N6OS. The van der Waals surface area contributed by atoms with Gasteiger partial charge in [0.25, 0.3) is 0 Å². The van der Waals surface area contributed by atoms with Crippen molar-refractivity contribution >= 4 is 22.5 Å². The van der Waals surface area contributed by atoms with Gasteiger partial charge < -0.3 is 16.0 Å². The maximum atomic E-state index is 11.4. The van der Waals surface area contributed by atoms with Gasteiger partial charge in [0.15, 0.2) is 0 Å². The zero-order chi connectivity index (χ0) is 11.8. The number of aromatic nitrogens is 2. The van der Waals surface area contributed by atoms with Gasteiger partial charge in [0.2, 0.25) is 5.13 Å². The van der Waals surface area contributed by atoms with Crippen LogP contribution in [-0.2, 0) is 6.54 Å². The van der Waals surface area contributed by atoms with Crippen molar-refractivity contribution < 1.29 is 4.79 Å². The van der Waals surface area contributed by atoms with E-state index in [1.807, 2.05) is 4.90 Å². The lowest BCUT2D eigenvalue weighted by Crippen LogP contribution is -2.51. The number of fused-ring (bicyclic) bond motifs is 1. The molecule has 8 heteroatoms. The molecule has 2 saturated heterocycles. The van der Waals surface area contributed by atoms with Crippen molar-refractivity contribution in [2.24, 2.45) is 0 Å². The Bertz CT molecular complexity index is 435. The molecule has 17 heavy (non-hydrogen) atoms. The average molecular weight is 254 g/mol. The smallest absolute Gasteiger partial charge is 0.317 e. The number of hydrogen-bond acceptors (Lipinski definition) is 6. The molecule has 2 aliphatic rings. The third kappa shape index (κ3) is 2.05. The van der Waals surface area contributed by atoms with E-state index in [2.05, 4.69) is 20.4 Å². The number of nitrogens with two attached hydrogens (primary N) is 1. The number of nitrogens with one attached hydrogen (secondary N) is 1. The first kappa shape index (κ1) is 10.7. The molecule has 1 aromatic heterocycles. The first-order valence-electron chi connectivity index (χ1n) is 5.57. The quantitative estimate of drug-likeness (QED) is 0.731. The van der Waals surface area contributed by atoms with Gasteiger partial charge in [-0.25, -0.2) is 4.79 Å². The van der Waals surface area contributed by atoms with E-state index in [9.17, 15) is 4.79 Å². The number of anilines is 1. The minimum atomic E-state index is 0.0646. The Morgan fingerprint density at radius 1 is 1.47 bits per heavy atom. The minimum Gasteiger partial charge on any atom is -0.374 e. The Hall–Kier alpha value is -1.41. The summed E-state index contributed by atoms with van der Waals surface area (Å²) in [6.45, 7) is 4.06. The van der Waals surface area contributed by atoms with Crippen molar-refractivity contribution in [3.63, 3.8) is 0 Å². The van der Waals surface area contributed by atoms with E-state index in [-0.39, 0.29) is 6.03 Å². The molecule has 1 aromatic rings. The number of amides is 2. The maximum Gasteiger partial charge on any atom is 0.317 e. The molecule has 2 aliphatic heterocycles. The lowest BCUT2D eigenvalue weighted by Gasteiger charge is -2.35. The largest absolute Gasteiger partial charge is 0.374 e. The topological polar surface area (TPSA) is 87.4 Å². The fourth-order valence-electron chi connectivity index (χ4n) is 2.33. The van der Waals surface area contributed by atoms with Crippen LogP contribution in [0.15, 0.2) is 0 Å². The molecule has 0 radical (unpaired) electrons. The van der Waals surface area contributed by atoms with Crippen LogP contribution in [-0.4, -0.2) is 58.2 Å². The van der Waals surface area contributed by atoms with Crippen LogP contribution < -0.4 is 11.1 Å². The molecule has 3 N–H and O–H groups in total. The van der Waals surface area contributed by atoms with Gasteiger partial charge in [0, 0.05) is 26.2 Å². The summed E-state index contributed by atoms with van der Waals surface area (Å²) in [5, 5.41) is 12.1. The number of urea groups is 1. The molecule has 2 fully saturated rings. The standard InChI is InChI=1S/C9H14N6OS/c10-8-13-12-7(17-8)5-14-1-2-15-6(4-14)3-11-9(15)16/h6H,1-5H2,(H2,10,13)(H,11,16). The first-order valence-corrected chi connectivity index (χ1v) is 6.39. The Kier molecular flexibility index (Phi) is 2.60. The van der Waals surface area contributed by atoms with Crippen molar-refractivity contribution in [3.8, 4) is 0 Å². The number of carbonyl (C=O) groups excluding carboxylic acids is 1. The number of nitrogens with zero attached hydrogens (tertiary/aromatic N) is 4. The highest BCUT2D eigenvalue weighted by Crippen LogP contribution is 2.18. The van der Waals surface area contributed by atoms with Crippen molar-refractivity contribution in [1.82, 2.24) is 25.3 Å². The molecule has 3 heterocycles. The van der Waals surface area contributed by atoms with Crippen LogP contribution in [0, 0.1) is 0 Å². The summed E-state index contributed by atoms with van der Waals surface area (Å²) in [6.07, 6.45) is 0. The fraction of sp³-hybridized carbons (Fsp3) is 0.667. The number of hydrogen-bond donors (Lipinski definition) is 2. The van der Waals surface area contributed by atoms with Crippen molar-refractivity contribution in [2.45, 2.75) is 12.6 Å². The summed E-state index contributed by atoms with van der Waals surface area (Å²) in [5.74, 6) is 0. The van der Waals surface area contributed by atoms with Crippen LogP contribution in [0.1, 0.15) is 5.01 Å². The lowest BCUT2D eigenvalue weighted by molar-refractivity contribution is 0.116. The predicted molar refractivity (Wildman–Crippen MR) is 63.5 cm³/mol. The number of nitrogen functional groups attached to an aromatic ring is 1. The SMILES string of the molecule is Nc1nnc(CN2CCN3C(=O)NCC3C2)s1. The van der Waals surface area contributed by atoms with Gasteiger partial charge in [0.05, 0.1) is 12.6 Å². The Balaban J connectivity index is 1.62. The molecule has 1 atom stereocenters. The normalized spacial score (nSPS) is 24.8. The molecule has 1 unspecified atom stereocenters. The molecule has 3 rings (SSSR count).